The quantitative estimate of drug-likeness (QED) is 0.176. The number of ether oxygens (including phenoxy) is 3. The highest BCUT2D eigenvalue weighted by molar-refractivity contribution is 5.95. The molecule has 4 rings (SSSR count). The number of imidazole rings is 1. The molecule has 0 saturated carbocycles. The van der Waals surface area contributed by atoms with Crippen molar-refractivity contribution in [3.05, 3.63) is 72.1 Å². The molecule has 5 N–H and O–H groups in total. The number of amidine groups is 1. The number of aliphatic carboxylic acids is 1. The lowest BCUT2D eigenvalue weighted by Gasteiger charge is -2.23. The van der Waals surface area contributed by atoms with Crippen molar-refractivity contribution >= 4 is 11.8 Å². The SMILES string of the molecule is Cn1ccnc1-c1cccc(Oc2nc(Oc3cc(C(=N)N)ccc3O)c(F)c(OC(C)(C)C(=O)O)c2F)c1. The Morgan fingerprint density at radius 3 is 2.41 bits per heavy atom. The second-order valence-corrected chi connectivity index (χ2v) is 8.79. The Kier molecular flexibility index (Phi) is 7.08. The number of hydrogen-bond acceptors (Lipinski definition) is 8. The number of phenols is 1. The van der Waals surface area contributed by atoms with Crippen molar-refractivity contribution in [2.24, 2.45) is 12.8 Å². The van der Waals surface area contributed by atoms with Crippen LogP contribution < -0.4 is 19.9 Å². The molecule has 11 nitrogen and oxygen atoms in total. The van der Waals surface area contributed by atoms with Crippen LogP contribution in [0.3, 0.4) is 0 Å². The minimum absolute atomic E-state index is 0.0873. The van der Waals surface area contributed by atoms with Crippen LogP contribution in [0.1, 0.15) is 19.4 Å². The molecule has 0 aliphatic rings. The zero-order valence-electron chi connectivity index (χ0n) is 20.9. The molecule has 0 spiro atoms. The number of nitrogens with two attached hydrogens (primary N) is 1. The number of hydrogen-bond donors (Lipinski definition) is 4. The Bertz CT molecular complexity index is 1590. The average molecular weight is 539 g/mol. The third-order valence-electron chi connectivity index (χ3n) is 5.45. The number of aromatic nitrogens is 3. The first-order valence-electron chi connectivity index (χ1n) is 11.3. The van der Waals surface area contributed by atoms with Crippen LogP contribution in [0.4, 0.5) is 8.78 Å². The topological polar surface area (TPSA) is 166 Å². The Morgan fingerprint density at radius 2 is 1.79 bits per heavy atom. The summed E-state index contributed by atoms with van der Waals surface area (Å²) in [6.07, 6.45) is 3.33. The number of rotatable bonds is 9. The third-order valence-corrected chi connectivity index (χ3v) is 5.45. The Hall–Kier alpha value is -5.20. The summed E-state index contributed by atoms with van der Waals surface area (Å²) in [6, 6.07) is 10.0. The van der Waals surface area contributed by atoms with Crippen LogP contribution in [-0.4, -0.2) is 42.2 Å². The van der Waals surface area contributed by atoms with E-state index in [4.69, 9.17) is 25.4 Å². The van der Waals surface area contributed by atoms with Gasteiger partial charge in [-0.2, -0.15) is 13.8 Å². The lowest BCUT2D eigenvalue weighted by molar-refractivity contribution is -0.152. The molecule has 0 bridgehead atoms. The van der Waals surface area contributed by atoms with Gasteiger partial charge in [0.2, 0.25) is 17.4 Å². The van der Waals surface area contributed by atoms with E-state index in [1.54, 1.807) is 36.1 Å². The molecule has 4 aromatic rings. The number of phenolic OH excluding ortho intramolecular Hbond substituents is 1. The fourth-order valence-corrected chi connectivity index (χ4v) is 3.33. The molecule has 202 valence electrons. The number of carboxylic acids is 1. The number of aromatic hydroxyl groups is 1. The van der Waals surface area contributed by atoms with Crippen molar-refractivity contribution < 1.29 is 38.0 Å². The van der Waals surface area contributed by atoms with E-state index in [1.807, 2.05) is 0 Å². The first-order chi connectivity index (χ1) is 18.4. The number of carboxylic acid groups (broad SMARTS) is 1. The van der Waals surface area contributed by atoms with Crippen LogP contribution in [0.15, 0.2) is 54.9 Å². The summed E-state index contributed by atoms with van der Waals surface area (Å²) in [4.78, 5) is 19.6. The van der Waals surface area contributed by atoms with Gasteiger partial charge in [-0.25, -0.2) is 9.78 Å². The van der Waals surface area contributed by atoms with Crippen molar-refractivity contribution in [1.29, 1.82) is 5.41 Å². The minimum Gasteiger partial charge on any atom is -0.504 e. The Balaban J connectivity index is 1.81. The normalized spacial score (nSPS) is 11.2. The van der Waals surface area contributed by atoms with E-state index >= 15 is 8.78 Å². The summed E-state index contributed by atoms with van der Waals surface area (Å²) in [5.74, 6) is -7.80. The molecule has 0 amide bonds. The van der Waals surface area contributed by atoms with Crippen LogP contribution in [0.25, 0.3) is 11.4 Å². The van der Waals surface area contributed by atoms with E-state index in [1.165, 1.54) is 18.2 Å². The minimum atomic E-state index is -2.06. The number of aryl methyl sites for hydroxylation is 1. The fraction of sp³-hybridized carbons (Fsp3) is 0.154. The van der Waals surface area contributed by atoms with Gasteiger partial charge in [0.05, 0.1) is 0 Å². The van der Waals surface area contributed by atoms with Gasteiger partial charge in [-0.15, -0.1) is 0 Å². The zero-order valence-corrected chi connectivity index (χ0v) is 20.9. The largest absolute Gasteiger partial charge is 0.504 e. The molecule has 0 saturated heterocycles. The summed E-state index contributed by atoms with van der Waals surface area (Å²) in [7, 11) is 1.78. The lowest BCUT2D eigenvalue weighted by atomic mass is 10.1. The van der Waals surface area contributed by atoms with Gasteiger partial charge in [0.15, 0.2) is 17.1 Å². The first-order valence-corrected chi connectivity index (χ1v) is 11.3. The highest BCUT2D eigenvalue weighted by Crippen LogP contribution is 2.41. The predicted octanol–water partition coefficient (Wildman–Crippen LogP) is 4.58. The molecule has 0 atom stereocenters. The monoisotopic (exact) mass is 539 g/mol. The molecular formula is C26H23F2N5O6. The highest BCUT2D eigenvalue weighted by atomic mass is 19.1. The summed E-state index contributed by atoms with van der Waals surface area (Å²) in [5, 5.41) is 27.2. The van der Waals surface area contributed by atoms with Gasteiger partial charge in [0.1, 0.15) is 17.4 Å². The first kappa shape index (κ1) is 26.9. The van der Waals surface area contributed by atoms with Gasteiger partial charge in [-0.3, -0.25) is 5.41 Å². The van der Waals surface area contributed by atoms with Crippen LogP contribution in [-0.2, 0) is 11.8 Å². The molecule has 0 unspecified atom stereocenters. The Labute approximate surface area is 220 Å². The van der Waals surface area contributed by atoms with Gasteiger partial charge < -0.3 is 34.7 Å². The van der Waals surface area contributed by atoms with Crippen molar-refractivity contribution in [3.63, 3.8) is 0 Å². The maximum atomic E-state index is 15.5. The number of pyridine rings is 1. The predicted molar refractivity (Wildman–Crippen MR) is 134 cm³/mol. The second-order valence-electron chi connectivity index (χ2n) is 8.79. The zero-order chi connectivity index (χ0) is 28.5. The maximum absolute atomic E-state index is 15.5. The highest BCUT2D eigenvalue weighted by Gasteiger charge is 2.35. The second kappa shape index (κ2) is 10.3. The van der Waals surface area contributed by atoms with E-state index in [0.717, 1.165) is 26.0 Å². The summed E-state index contributed by atoms with van der Waals surface area (Å²) in [6.45, 7) is 2.18. The fourth-order valence-electron chi connectivity index (χ4n) is 3.33. The number of benzene rings is 2. The third kappa shape index (κ3) is 5.56. The van der Waals surface area contributed by atoms with E-state index in [9.17, 15) is 15.0 Å². The summed E-state index contributed by atoms with van der Waals surface area (Å²) in [5.41, 5.74) is 4.16. The molecule has 39 heavy (non-hydrogen) atoms. The van der Waals surface area contributed by atoms with Crippen LogP contribution in [0.2, 0.25) is 0 Å². The van der Waals surface area contributed by atoms with Gasteiger partial charge in [-0.1, -0.05) is 12.1 Å². The van der Waals surface area contributed by atoms with Gasteiger partial charge in [0.25, 0.3) is 11.8 Å². The molecular weight excluding hydrogens is 516 g/mol. The van der Waals surface area contributed by atoms with E-state index < -0.39 is 46.5 Å². The number of nitrogens with one attached hydrogen (secondary N) is 1. The maximum Gasteiger partial charge on any atom is 0.347 e. The number of carbonyl (C=O) groups is 1. The molecule has 0 aliphatic carbocycles. The van der Waals surface area contributed by atoms with Crippen molar-refractivity contribution in [2.75, 3.05) is 0 Å². The van der Waals surface area contributed by atoms with Gasteiger partial charge in [0, 0.05) is 30.6 Å². The van der Waals surface area contributed by atoms with Crippen molar-refractivity contribution in [2.45, 2.75) is 19.4 Å². The van der Waals surface area contributed by atoms with Crippen molar-refractivity contribution in [1.82, 2.24) is 14.5 Å². The van der Waals surface area contributed by atoms with Crippen LogP contribution in [0.5, 0.6) is 34.8 Å². The van der Waals surface area contributed by atoms with E-state index in [0.29, 0.717) is 11.4 Å². The number of nitrogens with zero attached hydrogens (tertiary/aromatic N) is 3. The van der Waals surface area contributed by atoms with Gasteiger partial charge >= 0.3 is 5.97 Å². The molecule has 2 aromatic carbocycles. The van der Waals surface area contributed by atoms with E-state index in [2.05, 4.69) is 9.97 Å². The molecule has 2 heterocycles. The molecule has 0 fully saturated rings. The molecule has 13 heteroatoms. The summed E-state index contributed by atoms with van der Waals surface area (Å²) >= 11 is 0. The Morgan fingerprint density at radius 1 is 1.10 bits per heavy atom. The smallest absolute Gasteiger partial charge is 0.347 e. The van der Waals surface area contributed by atoms with Crippen LogP contribution >= 0.6 is 0 Å². The van der Waals surface area contributed by atoms with E-state index in [-0.39, 0.29) is 22.9 Å². The van der Waals surface area contributed by atoms with Crippen LogP contribution in [0, 0.1) is 17.0 Å². The molecule has 0 radical (unpaired) electrons. The van der Waals surface area contributed by atoms with Crippen molar-refractivity contribution in [3.8, 4) is 46.1 Å². The number of halogens is 2. The standard InChI is InChI=1S/C26H23F2N5O6/c1-26(2,25(35)36)39-20-18(27)23(37-15-6-4-5-14(11-15)22-31-9-10-33(22)3)32-24(19(20)28)38-17-12-13(21(29)30)7-8-16(17)34/h4-12,34H,1-3H3,(H3,29,30)(H,35,36). The van der Waals surface area contributed by atoms with Gasteiger partial charge in [-0.05, 0) is 44.2 Å². The number of nitrogen functional groups attached to an aromatic ring is 1. The lowest BCUT2D eigenvalue weighted by Crippen LogP contribution is -2.38. The molecule has 2 aromatic heterocycles. The molecule has 0 aliphatic heterocycles. The summed E-state index contributed by atoms with van der Waals surface area (Å²) < 4.78 is 48.9. The average Bonchev–Trinajstić information content (AvgIpc) is 3.31.